The zero-order valence-electron chi connectivity index (χ0n) is 25.3. The lowest BCUT2D eigenvalue weighted by Gasteiger charge is -2.47. The molecule has 5 rings (SSSR count). The number of hydrogen-bond donors (Lipinski definition) is 3. The van der Waals surface area contributed by atoms with E-state index in [2.05, 4.69) is 27.7 Å². The summed E-state index contributed by atoms with van der Waals surface area (Å²) in [7, 11) is 3.40. The highest BCUT2D eigenvalue weighted by atomic mass is 35.5. The van der Waals surface area contributed by atoms with Crippen LogP contribution in [-0.2, 0) is 10.2 Å². The van der Waals surface area contributed by atoms with Crippen LogP contribution in [-0.4, -0.2) is 67.1 Å². The maximum absolute atomic E-state index is 13.0. The van der Waals surface area contributed by atoms with E-state index in [-0.39, 0.29) is 17.5 Å². The number of carboxylic acids is 1. The number of carbonyl (C=O) groups excluding carboxylic acids is 1. The molecule has 3 N–H and O–H groups in total. The van der Waals surface area contributed by atoms with Gasteiger partial charge in [0.2, 0.25) is 0 Å². The summed E-state index contributed by atoms with van der Waals surface area (Å²) >= 11 is 6.16. The van der Waals surface area contributed by atoms with Crippen LogP contribution in [0, 0.1) is 6.92 Å². The summed E-state index contributed by atoms with van der Waals surface area (Å²) in [5.74, 6) is -1.20. The van der Waals surface area contributed by atoms with E-state index in [0.29, 0.717) is 17.1 Å². The SMILES string of the molecule is COc1ccc([C@@]23CC[C@@H](NC(=O)Nc4cc(Cl)ccc4C)C[C@@H]2N(C2CCCCC2)CC3)cc1OC.O=C(O)C(F)(F)F. The maximum Gasteiger partial charge on any atom is 0.490 e. The van der Waals surface area contributed by atoms with Gasteiger partial charge in [-0.3, -0.25) is 4.90 Å². The van der Waals surface area contributed by atoms with Gasteiger partial charge in [-0.1, -0.05) is 43.0 Å². The van der Waals surface area contributed by atoms with E-state index in [1.54, 1.807) is 20.3 Å². The molecule has 2 saturated carbocycles. The Balaban J connectivity index is 0.000000566. The van der Waals surface area contributed by atoms with Crippen molar-refractivity contribution in [3.8, 4) is 11.5 Å². The minimum atomic E-state index is -5.08. The number of halogens is 4. The highest BCUT2D eigenvalue weighted by Crippen LogP contribution is 2.51. The fourth-order valence-corrected chi connectivity index (χ4v) is 7.29. The van der Waals surface area contributed by atoms with Gasteiger partial charge in [-0.15, -0.1) is 0 Å². The fraction of sp³-hybridized carbons (Fsp3) is 0.562. The number of nitrogens with zero attached hydrogens (tertiary/aromatic N) is 1. The number of fused-ring (bicyclic) bond motifs is 1. The maximum atomic E-state index is 13.0. The minimum Gasteiger partial charge on any atom is -0.493 e. The van der Waals surface area contributed by atoms with E-state index in [1.165, 1.54) is 37.7 Å². The predicted molar refractivity (Wildman–Crippen MR) is 163 cm³/mol. The molecule has 242 valence electrons. The largest absolute Gasteiger partial charge is 0.493 e. The predicted octanol–water partition coefficient (Wildman–Crippen LogP) is 7.32. The van der Waals surface area contributed by atoms with Gasteiger partial charge in [-0.05, 0) is 87.4 Å². The number of urea groups is 1. The first kappa shape index (κ1) is 33.7. The molecule has 3 aliphatic rings. The number of alkyl halides is 3. The molecule has 2 amide bonds. The van der Waals surface area contributed by atoms with Crippen LogP contribution in [0.4, 0.5) is 23.7 Å². The third-order valence-corrected chi connectivity index (χ3v) is 9.56. The second kappa shape index (κ2) is 14.3. The van der Waals surface area contributed by atoms with Gasteiger partial charge in [-0.25, -0.2) is 9.59 Å². The van der Waals surface area contributed by atoms with E-state index in [9.17, 15) is 18.0 Å². The van der Waals surface area contributed by atoms with Crippen molar-refractivity contribution < 1.29 is 37.3 Å². The van der Waals surface area contributed by atoms with E-state index in [1.807, 2.05) is 25.1 Å². The Bertz CT molecular complexity index is 1320. The Morgan fingerprint density at radius 3 is 2.32 bits per heavy atom. The zero-order valence-corrected chi connectivity index (χ0v) is 26.1. The van der Waals surface area contributed by atoms with Gasteiger partial charge in [0.15, 0.2) is 11.5 Å². The first-order chi connectivity index (χ1) is 20.9. The molecule has 12 heteroatoms. The van der Waals surface area contributed by atoms with Crippen LogP contribution in [0.2, 0.25) is 5.02 Å². The number of aryl methyl sites for hydroxylation is 1. The van der Waals surface area contributed by atoms with Crippen molar-refractivity contribution >= 4 is 29.3 Å². The molecule has 3 fully saturated rings. The Morgan fingerprint density at radius 1 is 1.00 bits per heavy atom. The first-order valence-electron chi connectivity index (χ1n) is 15.0. The Kier molecular flexibility index (Phi) is 10.9. The van der Waals surface area contributed by atoms with Crippen molar-refractivity contribution in [3.63, 3.8) is 0 Å². The number of anilines is 1. The average Bonchev–Trinajstić information content (AvgIpc) is 3.39. The molecule has 0 aromatic heterocycles. The minimum absolute atomic E-state index is 0.0647. The number of benzene rings is 2. The van der Waals surface area contributed by atoms with Crippen molar-refractivity contribution in [1.82, 2.24) is 10.2 Å². The molecule has 3 atom stereocenters. The lowest BCUT2D eigenvalue weighted by Crippen LogP contribution is -2.55. The van der Waals surface area contributed by atoms with Gasteiger partial charge in [0.05, 0.1) is 14.2 Å². The number of methoxy groups -OCH3 is 2. The molecule has 2 aromatic carbocycles. The Labute approximate surface area is 261 Å². The molecular weight excluding hydrogens is 599 g/mol. The van der Waals surface area contributed by atoms with Crippen LogP contribution in [0.1, 0.15) is 68.9 Å². The quantitative estimate of drug-likeness (QED) is 0.306. The summed E-state index contributed by atoms with van der Waals surface area (Å²) in [6, 6.07) is 13.1. The lowest BCUT2D eigenvalue weighted by atomic mass is 9.64. The molecule has 0 spiro atoms. The zero-order chi connectivity index (χ0) is 32.1. The van der Waals surface area contributed by atoms with Gasteiger partial charge in [-0.2, -0.15) is 13.2 Å². The highest BCUT2D eigenvalue weighted by Gasteiger charge is 2.53. The van der Waals surface area contributed by atoms with Crippen LogP contribution in [0.25, 0.3) is 0 Å². The smallest absolute Gasteiger partial charge is 0.490 e. The number of aliphatic carboxylic acids is 1. The van der Waals surface area contributed by atoms with Crippen molar-refractivity contribution in [3.05, 3.63) is 52.5 Å². The van der Waals surface area contributed by atoms with Gasteiger partial charge >= 0.3 is 18.2 Å². The monoisotopic (exact) mass is 639 g/mol. The number of amides is 2. The normalized spacial score (nSPS) is 24.0. The second-order valence-corrected chi connectivity index (χ2v) is 12.3. The summed E-state index contributed by atoms with van der Waals surface area (Å²) in [6.07, 6.45) is 5.56. The van der Waals surface area contributed by atoms with E-state index in [0.717, 1.165) is 55.0 Å². The molecular formula is C32H41ClF3N3O5. The molecule has 0 unspecified atom stereocenters. The van der Waals surface area contributed by atoms with Crippen LogP contribution < -0.4 is 20.1 Å². The summed E-state index contributed by atoms with van der Waals surface area (Å²) in [5.41, 5.74) is 3.15. The fourth-order valence-electron chi connectivity index (χ4n) is 7.12. The van der Waals surface area contributed by atoms with Crippen molar-refractivity contribution in [2.75, 3.05) is 26.1 Å². The third-order valence-electron chi connectivity index (χ3n) is 9.33. The van der Waals surface area contributed by atoms with E-state index >= 15 is 0 Å². The number of carboxylic acid groups (broad SMARTS) is 1. The van der Waals surface area contributed by atoms with E-state index < -0.39 is 12.1 Å². The highest BCUT2D eigenvalue weighted by molar-refractivity contribution is 6.31. The van der Waals surface area contributed by atoms with Crippen LogP contribution in [0.15, 0.2) is 36.4 Å². The number of nitrogens with one attached hydrogen (secondary N) is 2. The second-order valence-electron chi connectivity index (χ2n) is 11.9. The molecule has 8 nitrogen and oxygen atoms in total. The molecule has 1 aliphatic heterocycles. The van der Waals surface area contributed by atoms with Crippen molar-refractivity contribution in [2.24, 2.45) is 0 Å². The van der Waals surface area contributed by atoms with Crippen molar-refractivity contribution in [1.29, 1.82) is 0 Å². The summed E-state index contributed by atoms with van der Waals surface area (Å²) < 4.78 is 43.0. The van der Waals surface area contributed by atoms with E-state index in [4.69, 9.17) is 31.0 Å². The van der Waals surface area contributed by atoms with Gasteiger partial charge in [0.25, 0.3) is 0 Å². The topological polar surface area (TPSA) is 100 Å². The first-order valence-corrected chi connectivity index (χ1v) is 15.4. The van der Waals surface area contributed by atoms with Crippen molar-refractivity contribution in [2.45, 2.75) is 94.4 Å². The molecule has 0 radical (unpaired) electrons. The van der Waals surface area contributed by atoms with Gasteiger partial charge < -0.3 is 25.2 Å². The molecule has 1 saturated heterocycles. The Morgan fingerprint density at radius 2 is 1.68 bits per heavy atom. The third kappa shape index (κ3) is 7.72. The number of hydrogen-bond acceptors (Lipinski definition) is 5. The molecule has 2 aromatic rings. The summed E-state index contributed by atoms with van der Waals surface area (Å²) in [6.45, 7) is 3.09. The standard InChI is InChI=1S/C30H40ClN3O3.C2HF3O2/c1-20-9-11-22(31)18-25(20)33-29(35)32-23-13-14-30(21-10-12-26(36-2)27(17-21)37-3)15-16-34(28(30)19-23)24-7-5-4-6-8-24;3-2(4,5)1(6)7/h9-12,17-18,23-24,28H,4-8,13-16,19H2,1-3H3,(H2,32,33,35);(H,6,7)/t23-,28+,30+;/m1./s1. The lowest BCUT2D eigenvalue weighted by molar-refractivity contribution is -0.192. The Hall–Kier alpha value is -3.18. The number of carbonyl (C=O) groups is 2. The number of rotatable bonds is 6. The molecule has 44 heavy (non-hydrogen) atoms. The number of likely N-dealkylation sites (tertiary alicyclic amines) is 1. The molecule has 1 heterocycles. The van der Waals surface area contributed by atoms with Crippen LogP contribution in [0.5, 0.6) is 11.5 Å². The van der Waals surface area contributed by atoms with Crippen LogP contribution in [0.3, 0.4) is 0 Å². The molecule has 2 aliphatic carbocycles. The molecule has 0 bridgehead atoms. The van der Waals surface area contributed by atoms with Gasteiger partial charge in [0, 0.05) is 34.3 Å². The summed E-state index contributed by atoms with van der Waals surface area (Å²) in [5, 5.41) is 14.1. The van der Waals surface area contributed by atoms with Gasteiger partial charge in [0.1, 0.15) is 0 Å². The summed E-state index contributed by atoms with van der Waals surface area (Å²) in [4.78, 5) is 24.7. The number of ether oxygens (including phenoxy) is 2. The average molecular weight is 640 g/mol. The van der Waals surface area contributed by atoms with Crippen LogP contribution >= 0.6 is 11.6 Å².